The van der Waals surface area contributed by atoms with Crippen molar-refractivity contribution in [1.82, 2.24) is 0 Å². The fraction of sp³-hybridized carbons (Fsp3) is 0.250. The molecule has 4 heteroatoms. The van der Waals surface area contributed by atoms with Crippen molar-refractivity contribution in [3.63, 3.8) is 0 Å². The van der Waals surface area contributed by atoms with E-state index in [0.29, 0.717) is 0 Å². The second-order valence-corrected chi connectivity index (χ2v) is 5.31. The van der Waals surface area contributed by atoms with Gasteiger partial charge >= 0.3 is 0 Å². The number of methoxy groups -OCH3 is 2. The fourth-order valence-corrected chi connectivity index (χ4v) is 2.46. The lowest BCUT2D eigenvalue weighted by molar-refractivity contribution is 0.390. The van der Waals surface area contributed by atoms with Crippen molar-refractivity contribution in [3.05, 3.63) is 52.5 Å². The van der Waals surface area contributed by atoms with Gasteiger partial charge in [0.15, 0.2) is 0 Å². The minimum absolute atomic E-state index is 0.120. The van der Waals surface area contributed by atoms with Crippen molar-refractivity contribution in [2.24, 2.45) is 0 Å². The molecule has 2 rings (SSSR count). The van der Waals surface area contributed by atoms with E-state index in [1.165, 1.54) is 0 Å². The predicted molar refractivity (Wildman–Crippen MR) is 85.7 cm³/mol. The Bertz CT molecular complexity index is 586. The van der Waals surface area contributed by atoms with E-state index in [9.17, 15) is 0 Å². The van der Waals surface area contributed by atoms with Crippen LogP contribution in [0.2, 0.25) is 0 Å². The van der Waals surface area contributed by atoms with Gasteiger partial charge in [0.25, 0.3) is 0 Å². The average Bonchev–Trinajstić information content (AvgIpc) is 2.48. The maximum absolute atomic E-state index is 5.45. The molecule has 0 amide bonds. The summed E-state index contributed by atoms with van der Waals surface area (Å²) < 4.78 is 11.7. The molecule has 1 unspecified atom stereocenters. The van der Waals surface area contributed by atoms with Crippen molar-refractivity contribution in [3.8, 4) is 11.5 Å². The molecule has 0 aromatic heterocycles. The van der Waals surface area contributed by atoms with Crippen molar-refractivity contribution >= 4 is 21.6 Å². The zero-order chi connectivity index (χ0) is 14.5. The minimum Gasteiger partial charge on any atom is -0.497 e. The van der Waals surface area contributed by atoms with E-state index in [-0.39, 0.29) is 6.04 Å². The Labute approximate surface area is 128 Å². The van der Waals surface area contributed by atoms with Gasteiger partial charge in [-0.3, -0.25) is 0 Å². The quantitative estimate of drug-likeness (QED) is 0.863. The van der Waals surface area contributed by atoms with Crippen molar-refractivity contribution < 1.29 is 9.47 Å². The number of hydrogen-bond donors (Lipinski definition) is 1. The number of nitrogens with one attached hydrogen (secondary N) is 1. The number of hydrogen-bond acceptors (Lipinski definition) is 3. The molecular formula is C16H18BrNO2. The average molecular weight is 336 g/mol. The zero-order valence-corrected chi connectivity index (χ0v) is 13.4. The van der Waals surface area contributed by atoms with E-state index in [4.69, 9.17) is 9.47 Å². The van der Waals surface area contributed by atoms with Crippen LogP contribution in [0.4, 0.5) is 5.69 Å². The Morgan fingerprint density at radius 1 is 1.05 bits per heavy atom. The van der Waals surface area contributed by atoms with Gasteiger partial charge in [-0.1, -0.05) is 12.1 Å². The maximum Gasteiger partial charge on any atom is 0.127 e. The summed E-state index contributed by atoms with van der Waals surface area (Å²) in [5, 5.41) is 3.47. The Morgan fingerprint density at radius 2 is 1.80 bits per heavy atom. The zero-order valence-electron chi connectivity index (χ0n) is 11.8. The molecule has 0 aliphatic heterocycles. The predicted octanol–water partition coefficient (Wildman–Crippen LogP) is 4.64. The van der Waals surface area contributed by atoms with Crippen LogP contribution in [-0.2, 0) is 0 Å². The van der Waals surface area contributed by atoms with E-state index in [1.54, 1.807) is 14.2 Å². The third-order valence-electron chi connectivity index (χ3n) is 3.15. The third-order valence-corrected chi connectivity index (χ3v) is 3.84. The summed E-state index contributed by atoms with van der Waals surface area (Å²) in [6, 6.07) is 14.0. The van der Waals surface area contributed by atoms with Crippen molar-refractivity contribution in [2.75, 3.05) is 19.5 Å². The summed E-state index contributed by atoms with van der Waals surface area (Å²) in [6.07, 6.45) is 0. The molecule has 2 aromatic carbocycles. The topological polar surface area (TPSA) is 30.5 Å². The first-order chi connectivity index (χ1) is 9.65. The second kappa shape index (κ2) is 6.66. The first kappa shape index (κ1) is 14.7. The highest BCUT2D eigenvalue weighted by atomic mass is 79.9. The van der Waals surface area contributed by atoms with Crippen LogP contribution in [0.25, 0.3) is 0 Å². The molecule has 0 heterocycles. The number of ether oxygens (including phenoxy) is 2. The van der Waals surface area contributed by atoms with Crippen LogP contribution >= 0.6 is 15.9 Å². The van der Waals surface area contributed by atoms with E-state index in [1.807, 2.05) is 42.5 Å². The molecular weight excluding hydrogens is 318 g/mol. The summed E-state index contributed by atoms with van der Waals surface area (Å²) in [7, 11) is 3.32. The number of anilines is 1. The van der Waals surface area contributed by atoms with Gasteiger partial charge in [0.05, 0.1) is 20.3 Å². The summed E-state index contributed by atoms with van der Waals surface area (Å²) in [6.45, 7) is 2.10. The Hall–Kier alpha value is -1.68. The first-order valence-corrected chi connectivity index (χ1v) is 7.18. The van der Waals surface area contributed by atoms with Gasteiger partial charge in [0.2, 0.25) is 0 Å². The molecule has 0 radical (unpaired) electrons. The smallest absolute Gasteiger partial charge is 0.127 e. The van der Waals surface area contributed by atoms with Gasteiger partial charge in [0, 0.05) is 21.8 Å². The van der Waals surface area contributed by atoms with Gasteiger partial charge in [-0.15, -0.1) is 0 Å². The lowest BCUT2D eigenvalue weighted by atomic mass is 10.1. The maximum atomic E-state index is 5.45. The van der Waals surface area contributed by atoms with E-state index in [2.05, 4.69) is 28.2 Å². The van der Waals surface area contributed by atoms with Crippen LogP contribution in [0.3, 0.4) is 0 Å². The Balaban J connectivity index is 2.25. The van der Waals surface area contributed by atoms with Crippen LogP contribution in [0.5, 0.6) is 11.5 Å². The largest absolute Gasteiger partial charge is 0.497 e. The van der Waals surface area contributed by atoms with E-state index >= 15 is 0 Å². The molecule has 0 aliphatic rings. The molecule has 0 fully saturated rings. The Kier molecular flexibility index (Phi) is 4.90. The van der Waals surface area contributed by atoms with Gasteiger partial charge < -0.3 is 14.8 Å². The fourth-order valence-electron chi connectivity index (χ4n) is 2.07. The number of para-hydroxylation sites is 1. The molecule has 1 atom stereocenters. The standard InChI is InChI=1S/C16H18BrNO2/c1-11(18-15-7-5-4-6-14(15)17)13-9-8-12(19-2)10-16(13)20-3/h4-11,18H,1-3H3. The number of rotatable bonds is 5. The second-order valence-electron chi connectivity index (χ2n) is 4.45. The van der Waals surface area contributed by atoms with Crippen molar-refractivity contribution in [1.29, 1.82) is 0 Å². The van der Waals surface area contributed by atoms with Crippen LogP contribution in [-0.4, -0.2) is 14.2 Å². The number of halogens is 1. The Morgan fingerprint density at radius 3 is 2.45 bits per heavy atom. The summed E-state index contributed by atoms with van der Waals surface area (Å²) in [5.41, 5.74) is 2.14. The highest BCUT2D eigenvalue weighted by Gasteiger charge is 2.13. The summed E-state index contributed by atoms with van der Waals surface area (Å²) in [5.74, 6) is 1.61. The summed E-state index contributed by atoms with van der Waals surface area (Å²) >= 11 is 3.54. The SMILES string of the molecule is COc1ccc(C(C)Nc2ccccc2Br)c(OC)c1. The van der Waals surface area contributed by atoms with Gasteiger partial charge in [-0.05, 0) is 47.1 Å². The normalized spacial score (nSPS) is 11.8. The number of benzene rings is 2. The molecule has 0 bridgehead atoms. The lowest BCUT2D eigenvalue weighted by Crippen LogP contribution is -2.08. The highest BCUT2D eigenvalue weighted by Crippen LogP contribution is 2.32. The van der Waals surface area contributed by atoms with Gasteiger partial charge in [-0.25, -0.2) is 0 Å². The monoisotopic (exact) mass is 335 g/mol. The third kappa shape index (κ3) is 3.25. The molecule has 1 N–H and O–H groups in total. The van der Waals surface area contributed by atoms with Crippen LogP contribution in [0.1, 0.15) is 18.5 Å². The van der Waals surface area contributed by atoms with Crippen LogP contribution in [0, 0.1) is 0 Å². The van der Waals surface area contributed by atoms with Gasteiger partial charge in [-0.2, -0.15) is 0 Å². The van der Waals surface area contributed by atoms with E-state index < -0.39 is 0 Å². The molecule has 0 saturated carbocycles. The van der Waals surface area contributed by atoms with Crippen LogP contribution < -0.4 is 14.8 Å². The minimum atomic E-state index is 0.120. The molecule has 0 saturated heterocycles. The first-order valence-electron chi connectivity index (χ1n) is 6.38. The van der Waals surface area contributed by atoms with Crippen LogP contribution in [0.15, 0.2) is 46.9 Å². The van der Waals surface area contributed by atoms with E-state index in [0.717, 1.165) is 27.2 Å². The van der Waals surface area contributed by atoms with Gasteiger partial charge in [0.1, 0.15) is 11.5 Å². The lowest BCUT2D eigenvalue weighted by Gasteiger charge is -2.19. The molecule has 20 heavy (non-hydrogen) atoms. The molecule has 2 aromatic rings. The molecule has 3 nitrogen and oxygen atoms in total. The molecule has 106 valence electrons. The molecule has 0 spiro atoms. The summed E-state index contributed by atoms with van der Waals surface area (Å²) in [4.78, 5) is 0. The highest BCUT2D eigenvalue weighted by molar-refractivity contribution is 9.10. The molecule has 0 aliphatic carbocycles. The van der Waals surface area contributed by atoms with Crippen molar-refractivity contribution in [2.45, 2.75) is 13.0 Å².